The van der Waals surface area contributed by atoms with Gasteiger partial charge in [0.1, 0.15) is 18.1 Å². The maximum atomic E-state index is 13.8. The average Bonchev–Trinajstić information content (AvgIpc) is 3.68. The van der Waals surface area contributed by atoms with Gasteiger partial charge in [0.2, 0.25) is 0 Å². The van der Waals surface area contributed by atoms with Gasteiger partial charge < -0.3 is 29.1 Å². The van der Waals surface area contributed by atoms with E-state index in [1.54, 1.807) is 9.13 Å². The fraction of sp³-hybridized carbons (Fsp3) is 0.478. The maximum Gasteiger partial charge on any atom is 0.386 e. The van der Waals surface area contributed by atoms with Crippen molar-refractivity contribution in [3.63, 3.8) is 0 Å². The lowest BCUT2D eigenvalue weighted by atomic mass is 9.70. The Kier molecular flexibility index (Phi) is 7.33. The summed E-state index contributed by atoms with van der Waals surface area (Å²) in [7, 11) is 0. The molecule has 4 aromatic heterocycles. The van der Waals surface area contributed by atoms with Gasteiger partial charge in [0, 0.05) is 29.6 Å². The summed E-state index contributed by atoms with van der Waals surface area (Å²) < 4.78 is 54.3. The van der Waals surface area contributed by atoms with Crippen LogP contribution >= 0.6 is 37.9 Å². The van der Waals surface area contributed by atoms with E-state index in [4.69, 9.17) is 24.0 Å². The van der Waals surface area contributed by atoms with Gasteiger partial charge in [0.15, 0.2) is 22.6 Å². The highest BCUT2D eigenvalue weighted by Gasteiger charge is 2.48. The molecule has 0 spiro atoms. The molecule has 0 radical (unpaired) electrons. The van der Waals surface area contributed by atoms with Crippen LogP contribution in [0.15, 0.2) is 42.0 Å². The van der Waals surface area contributed by atoms with Crippen molar-refractivity contribution in [2.24, 2.45) is 17.8 Å². The third kappa shape index (κ3) is 5.17. The minimum atomic E-state index is -3.86. The molecule has 20 heteroatoms. The summed E-state index contributed by atoms with van der Waals surface area (Å²) in [6.07, 6.45) is 5.24. The molecule has 8 atom stereocenters. The summed E-state index contributed by atoms with van der Waals surface area (Å²) in [6, 6.07) is -0.208. The van der Waals surface area contributed by atoms with Gasteiger partial charge in [-0.3, -0.25) is 18.5 Å². The number of nitrogens with one attached hydrogen (secondary N) is 1. The van der Waals surface area contributed by atoms with Crippen molar-refractivity contribution in [1.29, 1.82) is 0 Å². The average molecular weight is 668 g/mol. The second-order valence-corrected chi connectivity index (χ2v) is 17.1. The van der Waals surface area contributed by atoms with Crippen molar-refractivity contribution in [1.82, 2.24) is 39.0 Å². The van der Waals surface area contributed by atoms with E-state index in [9.17, 15) is 13.9 Å². The summed E-state index contributed by atoms with van der Waals surface area (Å²) in [5, 5.41) is 0.246. The number of hydrogen-bond acceptors (Lipinski definition) is 13. The Bertz CT molecular complexity index is 1900. The van der Waals surface area contributed by atoms with Gasteiger partial charge in [-0.05, 0) is 12.3 Å². The Balaban J connectivity index is 1.15. The van der Waals surface area contributed by atoms with E-state index in [0.717, 1.165) is 0 Å². The SMILES string of the molecule is C=C1[C@H]2C[C@H](n3cnc4c(N)ncnc43)O[C@@H]2COP(=O)(S)OC[C@@H]2[C@@H](COP1(=O)S)C[C@H]2n1cnc2c(=O)[nH]cnc21. The molecule has 1 aliphatic carbocycles. The molecular formula is C23H27N9O7P2S2. The van der Waals surface area contributed by atoms with Crippen LogP contribution in [0.1, 0.15) is 25.1 Å². The molecule has 43 heavy (non-hydrogen) atoms. The molecule has 2 unspecified atom stereocenters. The van der Waals surface area contributed by atoms with E-state index < -0.39 is 31.6 Å². The lowest BCUT2D eigenvalue weighted by Crippen LogP contribution is -2.43. The molecule has 3 fully saturated rings. The predicted molar refractivity (Wildman–Crippen MR) is 161 cm³/mol. The quantitative estimate of drug-likeness (QED) is 0.179. The highest BCUT2D eigenvalue weighted by Crippen LogP contribution is 2.65. The standard InChI is InChI=1S/C23H27N9O7P2S2/c1-11-13-3-17(32-10-29-18-20(24)25-7-26-21(18)32)39-16(13)6-38-41(35,43)37-5-14-12(4-36-40(11,34)42)2-15(14)31-9-30-19-22(31)27-8-28-23(19)33/h7-10,12-17H,1-6H2,(H,34,42)(H,35,43)(H2,24,25,26)(H,27,28,33)/t12-,13-,14-,15-,16-,17-,40?,41?/m1/s1. The van der Waals surface area contributed by atoms with E-state index in [2.05, 4.69) is 61.0 Å². The van der Waals surface area contributed by atoms with Gasteiger partial charge in [-0.25, -0.2) is 29.5 Å². The number of hydrogen-bond donors (Lipinski definition) is 4. The number of nitrogens with zero attached hydrogens (tertiary/aromatic N) is 7. The van der Waals surface area contributed by atoms with Gasteiger partial charge in [0.05, 0.1) is 44.9 Å². The molecule has 16 nitrogen and oxygen atoms in total. The normalized spacial score (nSPS) is 35.4. The van der Waals surface area contributed by atoms with E-state index in [-0.39, 0.29) is 59.9 Å². The fourth-order valence-corrected chi connectivity index (χ4v) is 9.07. The number of aromatic nitrogens is 8. The van der Waals surface area contributed by atoms with Crippen LogP contribution in [-0.4, -0.2) is 65.0 Å². The lowest BCUT2D eigenvalue weighted by molar-refractivity contribution is -0.0253. The Morgan fingerprint density at radius 1 is 0.953 bits per heavy atom. The summed E-state index contributed by atoms with van der Waals surface area (Å²) in [4.78, 5) is 35.7. The van der Waals surface area contributed by atoms with Gasteiger partial charge in [-0.2, -0.15) is 0 Å². The minimum absolute atomic E-state index is 0.0140. The highest BCUT2D eigenvalue weighted by atomic mass is 32.7. The molecule has 2 aliphatic heterocycles. The molecule has 0 aromatic carbocycles. The molecule has 7 rings (SSSR count). The maximum absolute atomic E-state index is 13.8. The van der Waals surface area contributed by atoms with Crippen LogP contribution in [0.3, 0.4) is 0 Å². The van der Waals surface area contributed by atoms with Crippen LogP contribution < -0.4 is 11.3 Å². The predicted octanol–water partition coefficient (Wildman–Crippen LogP) is 3.36. The van der Waals surface area contributed by atoms with Gasteiger partial charge in [0.25, 0.3) is 12.1 Å². The van der Waals surface area contributed by atoms with Crippen LogP contribution in [0.25, 0.3) is 22.3 Å². The Morgan fingerprint density at radius 3 is 2.53 bits per heavy atom. The second kappa shape index (κ2) is 10.8. The van der Waals surface area contributed by atoms with E-state index in [0.29, 0.717) is 29.7 Å². The van der Waals surface area contributed by atoms with Crippen LogP contribution in [0.2, 0.25) is 0 Å². The van der Waals surface area contributed by atoms with E-state index >= 15 is 0 Å². The fourth-order valence-electron chi connectivity index (χ4n) is 6.00. The number of ether oxygens (including phenoxy) is 1. The van der Waals surface area contributed by atoms with Crippen LogP contribution in [0.5, 0.6) is 0 Å². The number of rotatable bonds is 2. The van der Waals surface area contributed by atoms with Crippen molar-refractivity contribution in [3.05, 3.63) is 47.6 Å². The first-order valence-electron chi connectivity index (χ1n) is 13.3. The zero-order valence-electron chi connectivity index (χ0n) is 22.4. The second-order valence-electron chi connectivity index (χ2n) is 10.7. The Labute approximate surface area is 254 Å². The topological polar surface area (TPSA) is 204 Å². The van der Waals surface area contributed by atoms with Gasteiger partial charge in [-0.1, -0.05) is 31.1 Å². The van der Waals surface area contributed by atoms with Crippen molar-refractivity contribution < 1.29 is 27.4 Å². The van der Waals surface area contributed by atoms with Gasteiger partial charge in [-0.15, -0.1) is 0 Å². The third-order valence-electron chi connectivity index (χ3n) is 8.39. The number of nitrogens with two attached hydrogens (primary N) is 1. The van der Waals surface area contributed by atoms with Crippen LogP contribution in [0, 0.1) is 17.8 Å². The summed E-state index contributed by atoms with van der Waals surface area (Å²) in [5.41, 5.74) is 7.08. The lowest BCUT2D eigenvalue weighted by Gasteiger charge is -2.45. The largest absolute Gasteiger partial charge is 0.386 e. The van der Waals surface area contributed by atoms with E-state index in [1.165, 1.54) is 25.3 Å². The summed E-state index contributed by atoms with van der Waals surface area (Å²) >= 11 is 8.66. The number of H-pyrrole nitrogens is 1. The molecule has 3 aliphatic rings. The molecule has 2 saturated heterocycles. The summed E-state index contributed by atoms with van der Waals surface area (Å²) in [5.74, 6) is -0.752. The third-order valence-corrected chi connectivity index (χ3v) is 12.7. The smallest absolute Gasteiger partial charge is 0.382 e. The molecule has 3 N–H and O–H groups in total. The molecule has 228 valence electrons. The van der Waals surface area contributed by atoms with Crippen LogP contribution in [0.4, 0.5) is 5.82 Å². The minimum Gasteiger partial charge on any atom is -0.382 e. The molecule has 6 heterocycles. The van der Waals surface area contributed by atoms with Crippen molar-refractivity contribution >= 4 is 66.0 Å². The monoisotopic (exact) mass is 667 g/mol. The van der Waals surface area contributed by atoms with Crippen molar-refractivity contribution in [2.45, 2.75) is 31.2 Å². The highest BCUT2D eigenvalue weighted by molar-refractivity contribution is 8.47. The number of anilines is 1. The first-order valence-corrected chi connectivity index (χ1v) is 18.8. The number of thiol groups is 2. The molecule has 4 aromatic rings. The zero-order chi connectivity index (χ0) is 30.1. The Hall–Kier alpha value is -2.56. The first-order chi connectivity index (χ1) is 20.5. The summed E-state index contributed by atoms with van der Waals surface area (Å²) in [6.45, 7) is -3.57. The number of aromatic amines is 1. The van der Waals surface area contributed by atoms with Crippen molar-refractivity contribution in [2.75, 3.05) is 25.6 Å². The van der Waals surface area contributed by atoms with Crippen molar-refractivity contribution in [3.8, 4) is 0 Å². The van der Waals surface area contributed by atoms with Gasteiger partial charge >= 0.3 is 6.80 Å². The number of imidazole rings is 2. The molecular weight excluding hydrogens is 640 g/mol. The number of fused-ring (bicyclic) bond motifs is 4. The van der Waals surface area contributed by atoms with E-state index in [1.807, 2.05) is 0 Å². The molecule has 0 bridgehead atoms. The first kappa shape index (κ1) is 29.2. The Morgan fingerprint density at radius 2 is 1.70 bits per heavy atom. The van der Waals surface area contributed by atoms with Crippen LogP contribution in [-0.2, 0) is 27.4 Å². The zero-order valence-corrected chi connectivity index (χ0v) is 25.9. The number of nitrogen functional groups attached to an aromatic ring is 1. The molecule has 1 saturated carbocycles. The molecule has 0 amide bonds.